The highest BCUT2D eigenvalue weighted by Crippen LogP contribution is 2.62. The van der Waals surface area contributed by atoms with E-state index in [4.69, 9.17) is 18.9 Å². The predicted octanol–water partition coefficient (Wildman–Crippen LogP) is 2.52. The number of benzene rings is 2. The third-order valence-electron chi connectivity index (χ3n) is 7.54. The molecule has 2 aromatic carbocycles. The predicted molar refractivity (Wildman–Crippen MR) is 112 cm³/mol. The van der Waals surface area contributed by atoms with E-state index in [1.807, 2.05) is 32.2 Å². The number of carbonyl (C=O) groups is 1. The first-order valence-electron chi connectivity index (χ1n) is 10.8. The van der Waals surface area contributed by atoms with Gasteiger partial charge >= 0.3 is 0 Å². The number of carbonyl (C=O) groups excluding carboxylic acids is 1. The van der Waals surface area contributed by atoms with Gasteiger partial charge in [-0.2, -0.15) is 0 Å². The van der Waals surface area contributed by atoms with Crippen LogP contribution < -0.4 is 18.9 Å². The van der Waals surface area contributed by atoms with Gasteiger partial charge in [-0.1, -0.05) is 13.0 Å². The van der Waals surface area contributed by atoms with Gasteiger partial charge in [0.2, 0.25) is 13.6 Å². The summed E-state index contributed by atoms with van der Waals surface area (Å²) in [4.78, 5) is 14.4. The van der Waals surface area contributed by atoms with Crippen LogP contribution in [0.5, 0.6) is 23.0 Å². The molecule has 5 atom stereocenters. The molecule has 32 heavy (non-hydrogen) atoms. The summed E-state index contributed by atoms with van der Waals surface area (Å²) in [6.45, 7) is 3.77. The van der Waals surface area contributed by atoms with Crippen molar-refractivity contribution >= 4 is 5.78 Å². The lowest BCUT2D eigenvalue weighted by atomic mass is 9.58. The number of Topliss-reactive ketones (excluding diaryl/α,β-unsaturated/α-hetero) is 1. The van der Waals surface area contributed by atoms with Crippen LogP contribution in [-0.4, -0.2) is 47.6 Å². The summed E-state index contributed by atoms with van der Waals surface area (Å²) in [6, 6.07) is 6.83. The minimum atomic E-state index is -1.11. The molecule has 0 saturated carbocycles. The molecule has 0 fully saturated rings. The summed E-state index contributed by atoms with van der Waals surface area (Å²) in [7, 11) is 1.95. The zero-order valence-corrected chi connectivity index (χ0v) is 18.1. The summed E-state index contributed by atoms with van der Waals surface area (Å²) in [5.74, 6) is 2.46. The van der Waals surface area contributed by atoms with Gasteiger partial charge in [0.05, 0.1) is 6.10 Å². The normalized spacial score (nSPS) is 31.7. The third-order valence-corrected chi connectivity index (χ3v) is 7.54. The number of aliphatic hydroxyl groups is 2. The molecule has 1 aliphatic carbocycles. The van der Waals surface area contributed by atoms with Gasteiger partial charge in [0.15, 0.2) is 23.0 Å². The van der Waals surface area contributed by atoms with Crippen molar-refractivity contribution < 1.29 is 34.0 Å². The molecule has 4 aliphatic rings. The first kappa shape index (κ1) is 19.8. The van der Waals surface area contributed by atoms with Crippen molar-refractivity contribution in [3.63, 3.8) is 0 Å². The maximum Gasteiger partial charge on any atom is 0.231 e. The number of aliphatic hydroxyl groups excluding tert-OH is 2. The molecule has 3 heterocycles. The molecule has 2 aromatic rings. The lowest BCUT2D eigenvalue weighted by Gasteiger charge is -2.57. The molecule has 0 bridgehead atoms. The molecule has 0 aromatic heterocycles. The summed E-state index contributed by atoms with van der Waals surface area (Å²) in [5, 5.41) is 22.7. The van der Waals surface area contributed by atoms with Crippen molar-refractivity contribution in [3.8, 4) is 23.0 Å². The molecule has 0 amide bonds. The van der Waals surface area contributed by atoms with E-state index in [-0.39, 0.29) is 37.9 Å². The van der Waals surface area contributed by atoms with E-state index in [0.717, 1.165) is 16.7 Å². The Bertz CT molecular complexity index is 1150. The molecule has 0 saturated heterocycles. The van der Waals surface area contributed by atoms with Gasteiger partial charge in [-0.15, -0.1) is 0 Å². The van der Waals surface area contributed by atoms with E-state index in [1.54, 1.807) is 13.0 Å². The largest absolute Gasteiger partial charge is 0.454 e. The van der Waals surface area contributed by atoms with Crippen LogP contribution in [0.1, 0.15) is 60.7 Å². The number of fused-ring (bicyclic) bond motifs is 8. The van der Waals surface area contributed by atoms with Crippen molar-refractivity contribution in [1.82, 2.24) is 4.90 Å². The Hall–Kier alpha value is -2.81. The van der Waals surface area contributed by atoms with Gasteiger partial charge in [-0.3, -0.25) is 9.69 Å². The Kier molecular flexibility index (Phi) is 4.09. The molecular formula is C24H25NO7. The quantitative estimate of drug-likeness (QED) is 0.737. The topological polar surface area (TPSA) is 97.7 Å². The van der Waals surface area contributed by atoms with Gasteiger partial charge in [0.25, 0.3) is 0 Å². The van der Waals surface area contributed by atoms with Crippen LogP contribution in [0, 0.1) is 0 Å². The fourth-order valence-electron chi connectivity index (χ4n) is 6.09. The van der Waals surface area contributed by atoms with Crippen molar-refractivity contribution in [2.45, 2.75) is 50.0 Å². The average molecular weight is 439 g/mol. The molecule has 2 N–H and O–H groups in total. The summed E-state index contributed by atoms with van der Waals surface area (Å²) in [5.41, 5.74) is 2.28. The fraction of sp³-hybridized carbons (Fsp3) is 0.458. The Labute approximate surface area is 185 Å². The minimum absolute atomic E-state index is 0.0511. The molecule has 8 heteroatoms. The van der Waals surface area contributed by atoms with Crippen molar-refractivity contribution in [1.29, 1.82) is 0 Å². The first-order valence-corrected chi connectivity index (χ1v) is 10.8. The second kappa shape index (κ2) is 6.60. The Morgan fingerprint density at radius 3 is 2.44 bits per heavy atom. The number of ether oxygens (including phenoxy) is 4. The van der Waals surface area contributed by atoms with Gasteiger partial charge in [0.1, 0.15) is 11.9 Å². The van der Waals surface area contributed by atoms with Crippen molar-refractivity contribution in [3.05, 3.63) is 46.5 Å². The van der Waals surface area contributed by atoms with E-state index in [2.05, 4.69) is 4.90 Å². The number of rotatable bonds is 2. The number of hydrogen-bond donors (Lipinski definition) is 2. The molecule has 0 radical (unpaired) electrons. The highest BCUT2D eigenvalue weighted by atomic mass is 16.7. The molecule has 0 unspecified atom stereocenters. The fourth-order valence-corrected chi connectivity index (χ4v) is 6.09. The van der Waals surface area contributed by atoms with Crippen LogP contribution in [-0.2, 0) is 10.2 Å². The highest BCUT2D eigenvalue weighted by Gasteiger charge is 2.58. The van der Waals surface area contributed by atoms with Crippen LogP contribution in [0.25, 0.3) is 0 Å². The average Bonchev–Trinajstić information content (AvgIpc) is 3.42. The standard InChI is InChI=1S/C24H25NO7/c1-11(26)6-15-19-14(4-5-16-21(19)32-10-29-16)24(2)22(25(15)3)13-8-18-17(30-9-31-18)7-12(13)20(27)23(24)28/h4-5,7-8,15,20,22-23,27-28H,6,9-10H2,1-3H3/t15-,20-,22-,23+,24-/m1/s1. The molecule has 8 nitrogen and oxygen atoms in total. The van der Waals surface area contributed by atoms with Crippen LogP contribution >= 0.6 is 0 Å². The molecular weight excluding hydrogens is 414 g/mol. The van der Waals surface area contributed by atoms with E-state index in [0.29, 0.717) is 28.6 Å². The van der Waals surface area contributed by atoms with Gasteiger partial charge in [-0.25, -0.2) is 0 Å². The third kappa shape index (κ3) is 2.40. The Morgan fingerprint density at radius 2 is 1.72 bits per heavy atom. The smallest absolute Gasteiger partial charge is 0.231 e. The summed E-state index contributed by atoms with van der Waals surface area (Å²) in [6.07, 6.45) is -1.92. The van der Waals surface area contributed by atoms with E-state index >= 15 is 0 Å². The van der Waals surface area contributed by atoms with Gasteiger partial charge < -0.3 is 29.2 Å². The number of hydrogen-bond acceptors (Lipinski definition) is 8. The molecule has 0 spiro atoms. The monoisotopic (exact) mass is 439 g/mol. The Balaban J connectivity index is 1.63. The lowest BCUT2D eigenvalue weighted by Crippen LogP contribution is -2.57. The number of nitrogens with zero attached hydrogens (tertiary/aromatic N) is 1. The maximum absolute atomic E-state index is 12.3. The maximum atomic E-state index is 12.3. The number of ketones is 1. The highest BCUT2D eigenvalue weighted by molar-refractivity contribution is 5.77. The summed E-state index contributed by atoms with van der Waals surface area (Å²) < 4.78 is 22.6. The minimum Gasteiger partial charge on any atom is -0.454 e. The molecule has 3 aliphatic heterocycles. The first-order chi connectivity index (χ1) is 15.3. The van der Waals surface area contributed by atoms with E-state index in [1.165, 1.54) is 0 Å². The zero-order valence-electron chi connectivity index (χ0n) is 18.1. The van der Waals surface area contributed by atoms with Gasteiger partial charge in [0, 0.05) is 29.5 Å². The molecule has 6 rings (SSSR count). The number of likely N-dealkylation sites (N-methyl/N-ethyl adjacent to an activating group) is 1. The van der Waals surface area contributed by atoms with Crippen LogP contribution in [0.2, 0.25) is 0 Å². The second-order valence-electron chi connectivity index (χ2n) is 9.26. The van der Waals surface area contributed by atoms with Crippen molar-refractivity contribution in [2.75, 3.05) is 20.6 Å². The Morgan fingerprint density at radius 1 is 1.06 bits per heavy atom. The van der Waals surface area contributed by atoms with Gasteiger partial charge in [-0.05, 0) is 48.9 Å². The second-order valence-corrected chi connectivity index (χ2v) is 9.26. The molecule has 168 valence electrons. The zero-order chi connectivity index (χ0) is 22.4. The van der Waals surface area contributed by atoms with Crippen LogP contribution in [0.4, 0.5) is 0 Å². The van der Waals surface area contributed by atoms with E-state index in [9.17, 15) is 15.0 Å². The van der Waals surface area contributed by atoms with E-state index < -0.39 is 17.6 Å². The van der Waals surface area contributed by atoms with Crippen LogP contribution in [0.15, 0.2) is 24.3 Å². The lowest BCUT2D eigenvalue weighted by molar-refractivity contribution is -0.120. The van der Waals surface area contributed by atoms with Crippen molar-refractivity contribution in [2.24, 2.45) is 0 Å². The SMILES string of the molecule is CC(=O)C[C@@H]1c2c(ccc3c2OCO3)[C@@]2(C)[C@@H](O)[C@H](O)c3cc4c(cc3[C@H]2N1C)OCO4. The summed E-state index contributed by atoms with van der Waals surface area (Å²) >= 11 is 0. The van der Waals surface area contributed by atoms with Crippen LogP contribution in [0.3, 0.4) is 0 Å².